The summed E-state index contributed by atoms with van der Waals surface area (Å²) in [5.41, 5.74) is 0.205. The van der Waals surface area contributed by atoms with Crippen molar-refractivity contribution >= 4 is 17.7 Å². The van der Waals surface area contributed by atoms with E-state index in [1.165, 1.54) is 0 Å². The Morgan fingerprint density at radius 1 is 1.23 bits per heavy atom. The summed E-state index contributed by atoms with van der Waals surface area (Å²) in [7, 11) is 1.09. The summed E-state index contributed by atoms with van der Waals surface area (Å²) in [6.07, 6.45) is 4.87. The number of likely N-dealkylation sites (tertiary alicyclic amines) is 1. The molecule has 0 spiro atoms. The number of anilines is 1. The quantitative estimate of drug-likeness (QED) is 0.849. The predicted octanol–water partition coefficient (Wildman–Crippen LogP) is 3.52. The molecular weight excluding hydrogens is 344 g/mol. The first-order valence-electron chi connectivity index (χ1n) is 8.06. The van der Waals surface area contributed by atoms with Gasteiger partial charge in [-0.3, -0.25) is 4.98 Å². The fourth-order valence-electron chi connectivity index (χ4n) is 3.04. The van der Waals surface area contributed by atoms with Gasteiger partial charge in [0, 0.05) is 25.0 Å². The van der Waals surface area contributed by atoms with Gasteiger partial charge in [0.2, 0.25) is 0 Å². The van der Waals surface area contributed by atoms with Crippen LogP contribution in [0.2, 0.25) is 0 Å². The van der Waals surface area contributed by atoms with Crippen molar-refractivity contribution in [1.82, 2.24) is 9.88 Å². The Balaban J connectivity index is 1.82. The molecule has 0 saturated carbocycles. The Hall–Kier alpha value is -3.03. The number of hydrogen-bond donors (Lipinski definition) is 1. The highest BCUT2D eigenvalue weighted by Gasteiger charge is 2.30. The number of esters is 1. The van der Waals surface area contributed by atoms with Crippen LogP contribution in [-0.2, 0) is 4.74 Å². The number of carbonyl (C=O) groups excluding carboxylic acids is 2. The van der Waals surface area contributed by atoms with E-state index in [1.54, 1.807) is 17.3 Å². The standard InChI is InChI=1S/C18H17F2N3O3/c1-26-17(24)12-9-15(14(20)10-13(12)19)22-18(25)23-8-2-3-16(23)11-4-6-21-7-5-11/h4-7,9-10,16H,2-3,8H2,1H3,(H,22,25). The zero-order valence-corrected chi connectivity index (χ0v) is 14.0. The maximum absolute atomic E-state index is 14.0. The molecular formula is C18H17F2N3O3. The first-order valence-corrected chi connectivity index (χ1v) is 8.06. The number of halogens is 2. The van der Waals surface area contributed by atoms with Crippen molar-refractivity contribution in [3.63, 3.8) is 0 Å². The van der Waals surface area contributed by atoms with E-state index in [2.05, 4.69) is 15.0 Å². The van der Waals surface area contributed by atoms with Crippen LogP contribution < -0.4 is 5.32 Å². The molecule has 2 aromatic rings. The van der Waals surface area contributed by atoms with Crippen LogP contribution in [0.4, 0.5) is 19.3 Å². The van der Waals surface area contributed by atoms with E-state index in [1.807, 2.05) is 12.1 Å². The number of aromatic nitrogens is 1. The van der Waals surface area contributed by atoms with Crippen LogP contribution >= 0.6 is 0 Å². The van der Waals surface area contributed by atoms with Crippen molar-refractivity contribution in [2.75, 3.05) is 19.0 Å². The number of rotatable bonds is 3. The third-order valence-corrected chi connectivity index (χ3v) is 4.31. The van der Waals surface area contributed by atoms with E-state index in [9.17, 15) is 18.4 Å². The summed E-state index contributed by atoms with van der Waals surface area (Å²) in [6, 6.07) is 4.46. The van der Waals surface area contributed by atoms with Crippen LogP contribution in [0.25, 0.3) is 0 Å². The molecule has 1 aliphatic rings. The van der Waals surface area contributed by atoms with Gasteiger partial charge in [-0.25, -0.2) is 18.4 Å². The smallest absolute Gasteiger partial charge is 0.340 e. The lowest BCUT2D eigenvalue weighted by Crippen LogP contribution is -2.34. The second-order valence-electron chi connectivity index (χ2n) is 5.87. The van der Waals surface area contributed by atoms with Gasteiger partial charge in [0.05, 0.1) is 24.4 Å². The van der Waals surface area contributed by atoms with Crippen molar-refractivity contribution in [2.24, 2.45) is 0 Å². The van der Waals surface area contributed by atoms with Crippen molar-refractivity contribution in [1.29, 1.82) is 0 Å². The lowest BCUT2D eigenvalue weighted by Gasteiger charge is -2.25. The molecule has 2 amide bonds. The zero-order valence-electron chi connectivity index (χ0n) is 14.0. The molecule has 1 fully saturated rings. The number of amides is 2. The van der Waals surface area contributed by atoms with Crippen LogP contribution in [0.5, 0.6) is 0 Å². The van der Waals surface area contributed by atoms with Gasteiger partial charge in [0.1, 0.15) is 11.6 Å². The number of carbonyl (C=O) groups is 2. The molecule has 136 valence electrons. The molecule has 1 saturated heterocycles. The largest absolute Gasteiger partial charge is 0.465 e. The number of pyridine rings is 1. The molecule has 1 aliphatic heterocycles. The van der Waals surface area contributed by atoms with Gasteiger partial charge in [-0.1, -0.05) is 0 Å². The van der Waals surface area contributed by atoms with Crippen LogP contribution in [0.15, 0.2) is 36.7 Å². The van der Waals surface area contributed by atoms with Gasteiger partial charge in [0.25, 0.3) is 0 Å². The number of urea groups is 1. The second kappa shape index (κ2) is 7.47. The van der Waals surface area contributed by atoms with Crippen LogP contribution in [-0.4, -0.2) is 35.5 Å². The summed E-state index contributed by atoms with van der Waals surface area (Å²) < 4.78 is 32.2. The number of nitrogens with zero attached hydrogens (tertiary/aromatic N) is 2. The number of ether oxygens (including phenoxy) is 1. The highest BCUT2D eigenvalue weighted by Crippen LogP contribution is 2.32. The Morgan fingerprint density at radius 3 is 2.65 bits per heavy atom. The molecule has 0 bridgehead atoms. The average Bonchev–Trinajstić information content (AvgIpc) is 3.14. The topological polar surface area (TPSA) is 71.5 Å². The summed E-state index contributed by atoms with van der Waals surface area (Å²) >= 11 is 0. The predicted molar refractivity (Wildman–Crippen MR) is 89.6 cm³/mol. The van der Waals surface area contributed by atoms with Gasteiger partial charge in [-0.2, -0.15) is 0 Å². The highest BCUT2D eigenvalue weighted by molar-refractivity contribution is 5.94. The number of hydrogen-bond acceptors (Lipinski definition) is 4. The number of nitrogens with one attached hydrogen (secondary N) is 1. The molecule has 1 unspecified atom stereocenters. The molecule has 1 aromatic heterocycles. The molecule has 1 aromatic carbocycles. The Labute approximate surface area is 148 Å². The van der Waals surface area contributed by atoms with Gasteiger partial charge >= 0.3 is 12.0 Å². The molecule has 6 nitrogen and oxygen atoms in total. The molecule has 3 rings (SSSR count). The lowest BCUT2D eigenvalue weighted by molar-refractivity contribution is 0.0595. The van der Waals surface area contributed by atoms with Crippen LogP contribution in [0, 0.1) is 11.6 Å². The number of methoxy groups -OCH3 is 1. The van der Waals surface area contributed by atoms with Gasteiger partial charge in [0.15, 0.2) is 0 Å². The zero-order chi connectivity index (χ0) is 18.7. The van der Waals surface area contributed by atoms with Gasteiger partial charge in [-0.15, -0.1) is 0 Å². The molecule has 2 heterocycles. The van der Waals surface area contributed by atoms with Gasteiger partial charge in [-0.05, 0) is 36.6 Å². The van der Waals surface area contributed by atoms with Crippen LogP contribution in [0.3, 0.4) is 0 Å². The van der Waals surface area contributed by atoms with E-state index >= 15 is 0 Å². The first-order chi connectivity index (χ1) is 12.5. The first kappa shape index (κ1) is 17.8. The van der Waals surface area contributed by atoms with E-state index in [0.717, 1.165) is 31.6 Å². The van der Waals surface area contributed by atoms with E-state index in [-0.39, 0.29) is 11.7 Å². The van der Waals surface area contributed by atoms with E-state index in [0.29, 0.717) is 12.6 Å². The fourth-order valence-corrected chi connectivity index (χ4v) is 3.04. The van der Waals surface area contributed by atoms with Crippen molar-refractivity contribution in [2.45, 2.75) is 18.9 Å². The second-order valence-corrected chi connectivity index (χ2v) is 5.87. The summed E-state index contributed by atoms with van der Waals surface area (Å²) in [5.74, 6) is -2.97. The van der Waals surface area contributed by atoms with E-state index < -0.39 is 29.2 Å². The van der Waals surface area contributed by atoms with E-state index in [4.69, 9.17) is 0 Å². The third kappa shape index (κ3) is 3.49. The van der Waals surface area contributed by atoms with Crippen LogP contribution in [0.1, 0.15) is 34.8 Å². The Morgan fingerprint density at radius 2 is 1.96 bits per heavy atom. The van der Waals surface area contributed by atoms with Crippen molar-refractivity contribution < 1.29 is 23.1 Å². The summed E-state index contributed by atoms with van der Waals surface area (Å²) in [4.78, 5) is 29.7. The molecule has 0 radical (unpaired) electrons. The highest BCUT2D eigenvalue weighted by atomic mass is 19.1. The Bertz CT molecular complexity index is 830. The minimum Gasteiger partial charge on any atom is -0.465 e. The fraction of sp³-hybridized carbons (Fsp3) is 0.278. The molecule has 26 heavy (non-hydrogen) atoms. The Kier molecular flexibility index (Phi) is 5.11. The van der Waals surface area contributed by atoms with Gasteiger partial charge < -0.3 is 15.0 Å². The molecule has 0 aliphatic carbocycles. The molecule has 8 heteroatoms. The molecule has 1 atom stereocenters. The normalized spacial score (nSPS) is 16.4. The van der Waals surface area contributed by atoms with Crippen molar-refractivity contribution in [3.05, 3.63) is 59.4 Å². The summed E-state index contributed by atoms with van der Waals surface area (Å²) in [5, 5.41) is 2.42. The average molecular weight is 361 g/mol. The minimum absolute atomic E-state index is 0.151. The SMILES string of the molecule is COC(=O)c1cc(NC(=O)N2CCCC2c2ccncc2)c(F)cc1F. The maximum atomic E-state index is 14.0. The molecule has 1 N–H and O–H groups in total. The third-order valence-electron chi connectivity index (χ3n) is 4.31. The monoisotopic (exact) mass is 361 g/mol. The minimum atomic E-state index is -1.05. The lowest BCUT2D eigenvalue weighted by atomic mass is 10.1. The van der Waals surface area contributed by atoms with Crippen molar-refractivity contribution in [3.8, 4) is 0 Å². The summed E-state index contributed by atoms with van der Waals surface area (Å²) in [6.45, 7) is 0.505. The maximum Gasteiger partial charge on any atom is 0.340 e. The number of benzene rings is 1.